The molecule has 130 valence electrons. The Morgan fingerprint density at radius 2 is 1.85 bits per heavy atom. The van der Waals surface area contributed by atoms with E-state index in [1.165, 1.54) is 0 Å². The number of carbonyl (C=O) groups is 1. The van der Waals surface area contributed by atoms with Gasteiger partial charge >= 0.3 is 0 Å². The summed E-state index contributed by atoms with van der Waals surface area (Å²) in [6, 6.07) is 16.4. The van der Waals surface area contributed by atoms with Crippen LogP contribution in [0.3, 0.4) is 0 Å². The number of methoxy groups -OCH3 is 1. The molecule has 0 aliphatic carbocycles. The molecule has 5 heteroatoms. The third kappa shape index (κ3) is 3.19. The van der Waals surface area contributed by atoms with Crippen LogP contribution in [0.15, 0.2) is 71.0 Å². The second-order valence-electron chi connectivity index (χ2n) is 5.75. The van der Waals surface area contributed by atoms with Crippen molar-refractivity contribution in [3.05, 3.63) is 83.5 Å². The van der Waals surface area contributed by atoms with E-state index in [-0.39, 0.29) is 11.5 Å². The van der Waals surface area contributed by atoms with Crippen molar-refractivity contribution in [2.75, 3.05) is 7.11 Å². The topological polar surface area (TPSA) is 57.9 Å². The van der Waals surface area contributed by atoms with Gasteiger partial charge in [-0.25, -0.2) is 0 Å². The van der Waals surface area contributed by atoms with E-state index in [0.717, 1.165) is 11.3 Å². The quantitative estimate of drug-likeness (QED) is 0.636. The Bertz CT molecular complexity index is 953. The normalized spacial score (nSPS) is 14.2. The van der Waals surface area contributed by atoms with Gasteiger partial charge < -0.3 is 18.6 Å². The summed E-state index contributed by atoms with van der Waals surface area (Å²) in [5.74, 6) is 2.55. The van der Waals surface area contributed by atoms with Crippen molar-refractivity contribution in [2.24, 2.45) is 0 Å². The average Bonchev–Trinajstić information content (AvgIpc) is 3.29. The Kier molecular flexibility index (Phi) is 4.19. The average molecular weight is 348 g/mol. The smallest absolute Gasteiger partial charge is 0.232 e. The molecule has 0 spiro atoms. The maximum absolute atomic E-state index is 12.4. The molecule has 26 heavy (non-hydrogen) atoms. The molecule has 0 bridgehead atoms. The zero-order valence-electron chi connectivity index (χ0n) is 14.1. The number of fused-ring (bicyclic) bond motifs is 1. The van der Waals surface area contributed by atoms with Crippen LogP contribution in [-0.4, -0.2) is 12.9 Å². The molecule has 0 amide bonds. The molecule has 2 heterocycles. The third-order valence-electron chi connectivity index (χ3n) is 4.02. The summed E-state index contributed by atoms with van der Waals surface area (Å²) in [6.07, 6.45) is 3.13. The Balaban J connectivity index is 1.47. The van der Waals surface area contributed by atoms with Crippen molar-refractivity contribution < 1.29 is 23.4 Å². The highest BCUT2D eigenvalue weighted by Gasteiger charge is 2.28. The first-order valence-electron chi connectivity index (χ1n) is 8.10. The van der Waals surface area contributed by atoms with E-state index in [4.69, 9.17) is 18.6 Å². The lowest BCUT2D eigenvalue weighted by Crippen LogP contribution is -1.97. The number of furan rings is 1. The maximum atomic E-state index is 12.4. The van der Waals surface area contributed by atoms with Gasteiger partial charge in [0, 0.05) is 12.1 Å². The minimum Gasteiger partial charge on any atom is -0.497 e. The van der Waals surface area contributed by atoms with Gasteiger partial charge in [0.2, 0.25) is 5.78 Å². The summed E-state index contributed by atoms with van der Waals surface area (Å²) in [4.78, 5) is 12.4. The predicted octanol–water partition coefficient (Wildman–Crippen LogP) is 4.48. The van der Waals surface area contributed by atoms with Crippen molar-refractivity contribution in [2.45, 2.75) is 6.61 Å². The van der Waals surface area contributed by atoms with Gasteiger partial charge in [-0.15, -0.1) is 0 Å². The summed E-state index contributed by atoms with van der Waals surface area (Å²) < 4.78 is 21.8. The van der Waals surface area contributed by atoms with E-state index in [1.54, 1.807) is 49.8 Å². The first-order chi connectivity index (χ1) is 12.7. The van der Waals surface area contributed by atoms with Crippen molar-refractivity contribution in [3.63, 3.8) is 0 Å². The third-order valence-corrected chi connectivity index (χ3v) is 4.02. The van der Waals surface area contributed by atoms with Gasteiger partial charge in [0.25, 0.3) is 0 Å². The van der Waals surface area contributed by atoms with E-state index in [2.05, 4.69) is 0 Å². The molecule has 1 aromatic heterocycles. The molecule has 3 aromatic rings. The van der Waals surface area contributed by atoms with Crippen molar-refractivity contribution in [1.82, 2.24) is 0 Å². The maximum Gasteiger partial charge on any atom is 0.232 e. The minimum atomic E-state index is -0.168. The molecule has 5 nitrogen and oxygen atoms in total. The first kappa shape index (κ1) is 16.0. The number of hydrogen-bond donors (Lipinski definition) is 0. The van der Waals surface area contributed by atoms with E-state index in [9.17, 15) is 4.79 Å². The number of allylic oxidation sites excluding steroid dienone is 1. The lowest BCUT2D eigenvalue weighted by atomic mass is 10.1. The lowest BCUT2D eigenvalue weighted by Gasteiger charge is -2.08. The molecule has 1 aliphatic heterocycles. The second kappa shape index (κ2) is 6.80. The van der Waals surface area contributed by atoms with Crippen molar-refractivity contribution in [1.29, 1.82) is 0 Å². The zero-order chi connectivity index (χ0) is 17.9. The fourth-order valence-electron chi connectivity index (χ4n) is 2.65. The minimum absolute atomic E-state index is 0.168. The second-order valence-corrected chi connectivity index (χ2v) is 5.75. The van der Waals surface area contributed by atoms with Crippen LogP contribution in [0.5, 0.6) is 17.2 Å². The fraction of sp³-hybridized carbons (Fsp3) is 0.0952. The van der Waals surface area contributed by atoms with Gasteiger partial charge in [-0.2, -0.15) is 0 Å². The van der Waals surface area contributed by atoms with Gasteiger partial charge in [-0.05, 0) is 42.0 Å². The SMILES string of the molecule is COc1ccc(COc2ccc3c(c2)O/C(=C\c2ccco2)C3=O)cc1. The molecule has 2 aromatic carbocycles. The highest BCUT2D eigenvalue weighted by atomic mass is 16.5. The molecular weight excluding hydrogens is 332 g/mol. The van der Waals surface area contributed by atoms with E-state index in [1.807, 2.05) is 24.3 Å². The predicted molar refractivity (Wildman–Crippen MR) is 95.4 cm³/mol. The number of benzene rings is 2. The summed E-state index contributed by atoms with van der Waals surface area (Å²) >= 11 is 0. The van der Waals surface area contributed by atoms with Crippen LogP contribution in [-0.2, 0) is 6.61 Å². The first-order valence-corrected chi connectivity index (χ1v) is 8.10. The van der Waals surface area contributed by atoms with Gasteiger partial charge in [0.15, 0.2) is 5.76 Å². The number of hydrogen-bond acceptors (Lipinski definition) is 5. The van der Waals surface area contributed by atoms with Crippen molar-refractivity contribution >= 4 is 11.9 Å². The van der Waals surface area contributed by atoms with Crippen LogP contribution in [0.25, 0.3) is 6.08 Å². The number of ether oxygens (including phenoxy) is 3. The number of rotatable bonds is 5. The number of Topliss-reactive ketones (excluding diaryl/α,β-unsaturated/α-hetero) is 1. The van der Waals surface area contributed by atoms with Crippen molar-refractivity contribution in [3.8, 4) is 17.2 Å². The van der Waals surface area contributed by atoms with Crippen LogP contribution in [0.2, 0.25) is 0 Å². The highest BCUT2D eigenvalue weighted by Crippen LogP contribution is 2.35. The standard InChI is InChI=1S/C21H16O5/c1-23-15-6-4-14(5-7-15)13-25-17-8-9-18-19(11-17)26-20(21(18)22)12-16-3-2-10-24-16/h2-12H,13H2,1H3/b20-12-. The van der Waals surface area contributed by atoms with Crippen LogP contribution in [0.1, 0.15) is 21.7 Å². The number of ketones is 1. The Morgan fingerprint density at radius 1 is 1.04 bits per heavy atom. The van der Waals surface area contributed by atoms with Crippen LogP contribution in [0, 0.1) is 0 Å². The molecule has 1 aliphatic rings. The van der Waals surface area contributed by atoms with E-state index >= 15 is 0 Å². The summed E-state index contributed by atoms with van der Waals surface area (Å²) in [7, 11) is 1.63. The molecule has 0 radical (unpaired) electrons. The molecule has 0 saturated heterocycles. The monoisotopic (exact) mass is 348 g/mol. The van der Waals surface area contributed by atoms with Gasteiger partial charge in [-0.1, -0.05) is 12.1 Å². The molecule has 0 unspecified atom stereocenters. The fourth-order valence-corrected chi connectivity index (χ4v) is 2.65. The Morgan fingerprint density at radius 3 is 2.58 bits per heavy atom. The van der Waals surface area contributed by atoms with Gasteiger partial charge in [0.05, 0.1) is 18.9 Å². The molecule has 4 rings (SSSR count). The van der Waals surface area contributed by atoms with E-state index < -0.39 is 0 Å². The summed E-state index contributed by atoms with van der Waals surface area (Å²) in [5, 5.41) is 0. The van der Waals surface area contributed by atoms with Crippen LogP contribution < -0.4 is 14.2 Å². The summed E-state index contributed by atoms with van der Waals surface area (Å²) in [5.41, 5.74) is 1.53. The molecule has 0 saturated carbocycles. The van der Waals surface area contributed by atoms with Crippen LogP contribution >= 0.6 is 0 Å². The van der Waals surface area contributed by atoms with E-state index in [0.29, 0.717) is 29.4 Å². The molecule has 0 N–H and O–H groups in total. The highest BCUT2D eigenvalue weighted by molar-refractivity contribution is 6.14. The summed E-state index contributed by atoms with van der Waals surface area (Å²) in [6.45, 7) is 0.409. The molecule has 0 fully saturated rings. The van der Waals surface area contributed by atoms with Crippen LogP contribution in [0.4, 0.5) is 0 Å². The molecular formula is C21H16O5. The lowest BCUT2D eigenvalue weighted by molar-refractivity contribution is 0.101. The zero-order valence-corrected chi connectivity index (χ0v) is 14.1. The Labute approximate surface area is 150 Å². The van der Waals surface area contributed by atoms with Gasteiger partial charge in [-0.3, -0.25) is 4.79 Å². The Hall–Kier alpha value is -3.47. The van der Waals surface area contributed by atoms with Gasteiger partial charge in [0.1, 0.15) is 29.6 Å². The molecule has 0 atom stereocenters. The largest absolute Gasteiger partial charge is 0.497 e. The number of carbonyl (C=O) groups excluding carboxylic acids is 1.